The zero-order chi connectivity index (χ0) is 36.8. The number of hydrogen-bond acceptors (Lipinski definition) is 3. The van der Waals surface area contributed by atoms with Gasteiger partial charge in [-0.05, 0) is 72.1 Å². The molecule has 1 aliphatic carbocycles. The molecule has 1 aliphatic heterocycles. The van der Waals surface area contributed by atoms with Crippen molar-refractivity contribution in [2.75, 3.05) is 0 Å². The van der Waals surface area contributed by atoms with E-state index in [1.165, 1.54) is 75.8 Å². The molecule has 1 aromatic heterocycles. The standard InChI is InChI=1S/C53H32N2S/c1-2-13-33(14-3-1)34-25-27-37(28-26-34)52-54-47-24-11-9-20-41(47)49(55-52)42-21-12-23-44-48(42)40-19-8-10-22-43(40)53(44)45-31-29-35-15-4-6-17-38(35)50(45)56-51-39-18-7-5-16-36(39)30-32-46(51)53/h1-32H. The van der Waals surface area contributed by atoms with Crippen LogP contribution >= 0.6 is 11.8 Å². The highest BCUT2D eigenvalue weighted by molar-refractivity contribution is 8.00. The van der Waals surface area contributed by atoms with E-state index in [9.17, 15) is 0 Å². The quantitative estimate of drug-likeness (QED) is 0.181. The van der Waals surface area contributed by atoms with Gasteiger partial charge in [-0.15, -0.1) is 0 Å². The lowest BCUT2D eigenvalue weighted by atomic mass is 9.66. The average molecular weight is 729 g/mol. The topological polar surface area (TPSA) is 25.8 Å². The molecule has 0 radical (unpaired) electrons. The Bertz CT molecular complexity index is 3140. The van der Waals surface area contributed by atoms with Crippen molar-refractivity contribution in [1.82, 2.24) is 9.97 Å². The fourth-order valence-corrected chi connectivity index (χ4v) is 11.0. The molecule has 2 heterocycles. The van der Waals surface area contributed by atoms with Gasteiger partial charge in [0.1, 0.15) is 0 Å². The Kier molecular flexibility index (Phi) is 6.81. The summed E-state index contributed by atoms with van der Waals surface area (Å²) in [6.45, 7) is 0. The molecule has 260 valence electrons. The highest BCUT2D eigenvalue weighted by atomic mass is 32.2. The van der Waals surface area contributed by atoms with E-state index in [4.69, 9.17) is 9.97 Å². The highest BCUT2D eigenvalue weighted by Crippen LogP contribution is 2.65. The van der Waals surface area contributed by atoms with Crippen molar-refractivity contribution in [1.29, 1.82) is 0 Å². The molecule has 10 aromatic rings. The van der Waals surface area contributed by atoms with Crippen LogP contribution in [0.3, 0.4) is 0 Å². The Hall–Kier alpha value is -6.81. The summed E-state index contributed by atoms with van der Waals surface area (Å²) in [5.41, 5.74) is 13.6. The summed E-state index contributed by atoms with van der Waals surface area (Å²) in [6.07, 6.45) is 0. The first-order valence-electron chi connectivity index (χ1n) is 19.2. The Morgan fingerprint density at radius 2 is 0.911 bits per heavy atom. The second kappa shape index (κ2) is 12.1. The van der Waals surface area contributed by atoms with E-state index in [-0.39, 0.29) is 0 Å². The predicted molar refractivity (Wildman–Crippen MR) is 232 cm³/mol. The van der Waals surface area contributed by atoms with Crippen molar-refractivity contribution in [3.8, 4) is 44.9 Å². The smallest absolute Gasteiger partial charge is 0.160 e. The lowest BCUT2D eigenvalue weighted by molar-refractivity contribution is 0.729. The molecule has 12 rings (SSSR count). The van der Waals surface area contributed by atoms with Crippen molar-refractivity contribution in [2.24, 2.45) is 0 Å². The summed E-state index contributed by atoms with van der Waals surface area (Å²) in [5.74, 6) is 0.722. The van der Waals surface area contributed by atoms with Gasteiger partial charge in [-0.3, -0.25) is 0 Å². The summed E-state index contributed by atoms with van der Waals surface area (Å²) in [4.78, 5) is 13.3. The SMILES string of the molecule is c1ccc(-c2ccc(-c3nc(-c4cccc5c4-c4ccccc4C54c5ccc6ccccc6c5Sc5c4ccc4ccccc54)c4ccccc4n3)cc2)cc1. The van der Waals surface area contributed by atoms with Crippen LogP contribution < -0.4 is 0 Å². The zero-order valence-corrected chi connectivity index (χ0v) is 31.1. The van der Waals surface area contributed by atoms with Crippen LogP contribution in [0.2, 0.25) is 0 Å². The number of rotatable bonds is 3. The summed E-state index contributed by atoms with van der Waals surface area (Å²) in [6, 6.07) is 70.7. The Labute approximate surface area is 329 Å². The highest BCUT2D eigenvalue weighted by Gasteiger charge is 2.51. The minimum Gasteiger partial charge on any atom is -0.228 e. The lowest BCUT2D eigenvalue weighted by Crippen LogP contribution is -2.32. The molecule has 0 atom stereocenters. The molecule has 0 fully saturated rings. The summed E-state index contributed by atoms with van der Waals surface area (Å²) in [7, 11) is 0. The maximum absolute atomic E-state index is 5.48. The van der Waals surface area contributed by atoms with Gasteiger partial charge in [-0.25, -0.2) is 9.97 Å². The van der Waals surface area contributed by atoms with Crippen LogP contribution in [0.15, 0.2) is 204 Å². The van der Waals surface area contributed by atoms with Gasteiger partial charge in [0, 0.05) is 26.3 Å². The van der Waals surface area contributed by atoms with Crippen LogP contribution in [-0.2, 0) is 5.41 Å². The Balaban J connectivity index is 1.15. The Morgan fingerprint density at radius 3 is 1.64 bits per heavy atom. The average Bonchev–Trinajstić information content (AvgIpc) is 3.57. The van der Waals surface area contributed by atoms with Gasteiger partial charge in [-0.1, -0.05) is 200 Å². The first-order valence-corrected chi connectivity index (χ1v) is 20.0. The zero-order valence-electron chi connectivity index (χ0n) is 30.3. The molecule has 0 amide bonds. The normalized spacial score (nSPS) is 13.4. The maximum atomic E-state index is 5.48. The van der Waals surface area contributed by atoms with Crippen LogP contribution in [0.5, 0.6) is 0 Å². The monoisotopic (exact) mass is 728 g/mol. The van der Waals surface area contributed by atoms with E-state index >= 15 is 0 Å². The molecular formula is C53H32N2S. The number of aromatic nitrogens is 2. The van der Waals surface area contributed by atoms with Gasteiger partial charge in [0.2, 0.25) is 0 Å². The summed E-state index contributed by atoms with van der Waals surface area (Å²) >= 11 is 1.93. The molecule has 2 aliphatic rings. The third-order valence-electron chi connectivity index (χ3n) is 11.9. The van der Waals surface area contributed by atoms with Crippen molar-refractivity contribution >= 4 is 44.2 Å². The van der Waals surface area contributed by atoms with Crippen LogP contribution in [0.4, 0.5) is 0 Å². The molecule has 9 aromatic carbocycles. The van der Waals surface area contributed by atoms with Crippen molar-refractivity contribution in [3.63, 3.8) is 0 Å². The molecule has 0 saturated heterocycles. The number of fused-ring (bicyclic) bond motifs is 14. The third kappa shape index (κ3) is 4.40. The lowest BCUT2D eigenvalue weighted by Gasteiger charge is -2.40. The largest absolute Gasteiger partial charge is 0.228 e. The van der Waals surface area contributed by atoms with E-state index in [0.29, 0.717) is 0 Å². The van der Waals surface area contributed by atoms with Crippen LogP contribution in [0.25, 0.3) is 77.3 Å². The molecule has 0 bridgehead atoms. The molecule has 0 unspecified atom stereocenters. The molecule has 0 N–H and O–H groups in total. The number of benzene rings is 9. The van der Waals surface area contributed by atoms with E-state index in [1.807, 2.05) is 11.8 Å². The van der Waals surface area contributed by atoms with Gasteiger partial charge in [0.25, 0.3) is 0 Å². The van der Waals surface area contributed by atoms with Gasteiger partial charge >= 0.3 is 0 Å². The van der Waals surface area contributed by atoms with E-state index in [2.05, 4.69) is 194 Å². The predicted octanol–water partition coefficient (Wildman–Crippen LogP) is 13.8. The number of hydrogen-bond donors (Lipinski definition) is 0. The number of para-hydroxylation sites is 1. The minimum atomic E-state index is -0.537. The fraction of sp³-hybridized carbons (Fsp3) is 0.0189. The molecule has 3 heteroatoms. The van der Waals surface area contributed by atoms with Crippen LogP contribution in [0.1, 0.15) is 22.3 Å². The van der Waals surface area contributed by atoms with Crippen molar-refractivity contribution < 1.29 is 0 Å². The first-order chi connectivity index (χ1) is 27.8. The van der Waals surface area contributed by atoms with E-state index < -0.39 is 5.41 Å². The molecule has 0 saturated carbocycles. The first kappa shape index (κ1) is 31.5. The second-order valence-corrected chi connectivity index (χ2v) is 15.8. The van der Waals surface area contributed by atoms with Gasteiger partial charge < -0.3 is 0 Å². The molecule has 1 spiro atoms. The minimum absolute atomic E-state index is 0.537. The third-order valence-corrected chi connectivity index (χ3v) is 13.2. The van der Waals surface area contributed by atoms with Crippen LogP contribution in [-0.4, -0.2) is 9.97 Å². The van der Waals surface area contributed by atoms with Crippen molar-refractivity contribution in [2.45, 2.75) is 15.2 Å². The molecule has 2 nitrogen and oxygen atoms in total. The van der Waals surface area contributed by atoms with Gasteiger partial charge in [0.05, 0.1) is 16.6 Å². The summed E-state index contributed by atoms with van der Waals surface area (Å²) in [5, 5.41) is 6.14. The fourth-order valence-electron chi connectivity index (χ4n) is 9.50. The van der Waals surface area contributed by atoms with Gasteiger partial charge in [0.15, 0.2) is 5.82 Å². The maximum Gasteiger partial charge on any atom is 0.160 e. The van der Waals surface area contributed by atoms with Crippen molar-refractivity contribution in [3.05, 3.63) is 216 Å². The molecular weight excluding hydrogens is 697 g/mol. The van der Waals surface area contributed by atoms with Gasteiger partial charge in [-0.2, -0.15) is 0 Å². The van der Waals surface area contributed by atoms with E-state index in [1.54, 1.807) is 0 Å². The molecule has 56 heavy (non-hydrogen) atoms. The number of nitrogens with zero attached hydrogens (tertiary/aromatic N) is 2. The van der Waals surface area contributed by atoms with Crippen LogP contribution in [0, 0.1) is 0 Å². The second-order valence-electron chi connectivity index (χ2n) is 14.8. The Morgan fingerprint density at radius 1 is 0.357 bits per heavy atom. The van der Waals surface area contributed by atoms with E-state index in [0.717, 1.165) is 33.5 Å². The summed E-state index contributed by atoms with van der Waals surface area (Å²) < 4.78 is 0.